The number of thioether (sulfide) groups is 1. The van der Waals surface area contributed by atoms with E-state index in [-0.39, 0.29) is 10.7 Å². The molecular formula is C17H18Cl2N2O3S2. The number of nitrogens with zero attached hydrogens (tertiary/aromatic N) is 1. The predicted molar refractivity (Wildman–Crippen MR) is 110 cm³/mol. The summed E-state index contributed by atoms with van der Waals surface area (Å²) in [5.41, 5.74) is 0.768. The molecule has 0 saturated heterocycles. The minimum Gasteiger partial charge on any atom is -0.323 e. The molecule has 2 rings (SSSR count). The molecule has 0 aliphatic heterocycles. The Morgan fingerprint density at radius 3 is 2.46 bits per heavy atom. The van der Waals surface area contributed by atoms with Crippen LogP contribution < -0.4 is 9.62 Å². The van der Waals surface area contributed by atoms with Gasteiger partial charge in [0.1, 0.15) is 6.04 Å². The summed E-state index contributed by atoms with van der Waals surface area (Å²) in [6.07, 6.45) is 2.91. The van der Waals surface area contributed by atoms with E-state index in [2.05, 4.69) is 5.32 Å². The number of carbonyl (C=O) groups is 1. The first-order valence-corrected chi connectivity index (χ1v) is 11.4. The standard InChI is InChI=1S/C17H18Cl2N2O3S2/c1-11(17(22)20-14-6-4-5-7-16(14)25-2)21(26(3,23)24)15-10-12(18)8-9-13(15)19/h4-11H,1-3H3,(H,20,22)/t11-/m1/s1. The number of halogens is 2. The van der Waals surface area contributed by atoms with Crippen molar-refractivity contribution >= 4 is 62.3 Å². The van der Waals surface area contributed by atoms with E-state index in [0.717, 1.165) is 15.5 Å². The third-order valence-electron chi connectivity index (χ3n) is 3.60. The normalized spacial score (nSPS) is 12.5. The summed E-state index contributed by atoms with van der Waals surface area (Å²) in [5, 5.41) is 3.28. The number of nitrogens with one attached hydrogen (secondary N) is 1. The molecule has 0 aromatic heterocycles. The highest BCUT2D eigenvalue weighted by atomic mass is 35.5. The highest BCUT2D eigenvalue weighted by molar-refractivity contribution is 7.98. The first kappa shape index (κ1) is 20.9. The quantitative estimate of drug-likeness (QED) is 0.681. The van der Waals surface area contributed by atoms with Crippen LogP contribution >= 0.6 is 35.0 Å². The van der Waals surface area contributed by atoms with Crippen molar-refractivity contribution in [1.29, 1.82) is 0 Å². The van der Waals surface area contributed by atoms with E-state index in [4.69, 9.17) is 23.2 Å². The minimum absolute atomic E-state index is 0.155. The minimum atomic E-state index is -3.79. The largest absolute Gasteiger partial charge is 0.323 e. The molecule has 2 aromatic rings. The van der Waals surface area contributed by atoms with Gasteiger partial charge in [0.05, 0.1) is 22.7 Å². The van der Waals surface area contributed by atoms with Crippen LogP contribution in [0.15, 0.2) is 47.4 Å². The second-order valence-corrected chi connectivity index (χ2v) is 9.07. The van der Waals surface area contributed by atoms with Gasteiger partial charge in [0, 0.05) is 9.92 Å². The second-order valence-electron chi connectivity index (χ2n) is 5.52. The summed E-state index contributed by atoms with van der Waals surface area (Å²) in [4.78, 5) is 13.6. The second kappa shape index (κ2) is 8.52. The van der Waals surface area contributed by atoms with Gasteiger partial charge in [0.25, 0.3) is 0 Å². The Labute approximate surface area is 167 Å². The molecule has 0 heterocycles. The molecule has 0 saturated carbocycles. The Balaban J connectivity index is 2.40. The molecule has 0 aliphatic carbocycles. The van der Waals surface area contributed by atoms with Crippen LogP contribution in [0.1, 0.15) is 6.92 Å². The van der Waals surface area contributed by atoms with Crippen molar-refractivity contribution in [1.82, 2.24) is 0 Å². The summed E-state index contributed by atoms with van der Waals surface area (Å²) in [5.74, 6) is -0.479. The third-order valence-corrected chi connectivity index (χ3v) is 6.18. The van der Waals surface area contributed by atoms with Crippen molar-refractivity contribution in [3.63, 3.8) is 0 Å². The molecule has 2 aromatic carbocycles. The topological polar surface area (TPSA) is 66.5 Å². The number of hydrogen-bond donors (Lipinski definition) is 1. The SMILES string of the molecule is CSc1ccccc1NC(=O)[C@@H](C)N(c1cc(Cl)ccc1Cl)S(C)(=O)=O. The van der Waals surface area contributed by atoms with Crippen LogP contribution in [0.4, 0.5) is 11.4 Å². The number of benzene rings is 2. The van der Waals surface area contributed by atoms with Gasteiger partial charge in [-0.3, -0.25) is 9.10 Å². The maximum atomic E-state index is 12.7. The van der Waals surface area contributed by atoms with Gasteiger partial charge in [-0.1, -0.05) is 35.3 Å². The van der Waals surface area contributed by atoms with E-state index in [0.29, 0.717) is 10.7 Å². The van der Waals surface area contributed by atoms with Gasteiger partial charge >= 0.3 is 0 Å². The van der Waals surface area contributed by atoms with Crippen molar-refractivity contribution in [3.8, 4) is 0 Å². The average molecular weight is 433 g/mol. The fourth-order valence-corrected chi connectivity index (χ4v) is 4.58. The molecule has 0 fully saturated rings. The van der Waals surface area contributed by atoms with Gasteiger partial charge in [-0.15, -0.1) is 11.8 Å². The van der Waals surface area contributed by atoms with Crippen LogP contribution in [-0.4, -0.2) is 32.9 Å². The first-order valence-electron chi connectivity index (χ1n) is 7.53. The summed E-state index contributed by atoms with van der Waals surface area (Å²) in [6.45, 7) is 1.50. The fourth-order valence-electron chi connectivity index (χ4n) is 2.42. The molecular weight excluding hydrogens is 415 g/mol. The molecule has 0 spiro atoms. The first-order chi connectivity index (χ1) is 12.1. The van der Waals surface area contributed by atoms with E-state index < -0.39 is 22.0 Å². The van der Waals surface area contributed by atoms with Crippen LogP contribution in [0.3, 0.4) is 0 Å². The van der Waals surface area contributed by atoms with Crippen molar-refractivity contribution in [2.24, 2.45) is 0 Å². The zero-order valence-electron chi connectivity index (χ0n) is 14.4. The van der Waals surface area contributed by atoms with E-state index in [1.807, 2.05) is 18.4 Å². The fraction of sp³-hybridized carbons (Fsp3) is 0.235. The summed E-state index contributed by atoms with van der Waals surface area (Å²) in [6, 6.07) is 10.7. The Kier molecular flexibility index (Phi) is 6.85. The van der Waals surface area contributed by atoms with Gasteiger partial charge in [-0.05, 0) is 43.5 Å². The molecule has 26 heavy (non-hydrogen) atoms. The Morgan fingerprint density at radius 2 is 1.85 bits per heavy atom. The molecule has 0 aliphatic rings. The van der Waals surface area contributed by atoms with Gasteiger partial charge in [0.15, 0.2) is 0 Å². The van der Waals surface area contributed by atoms with Crippen molar-refractivity contribution < 1.29 is 13.2 Å². The smallest absolute Gasteiger partial charge is 0.248 e. The van der Waals surface area contributed by atoms with Crippen molar-refractivity contribution in [3.05, 3.63) is 52.5 Å². The van der Waals surface area contributed by atoms with Crippen LogP contribution in [0.25, 0.3) is 0 Å². The number of para-hydroxylation sites is 1. The maximum Gasteiger partial charge on any atom is 0.248 e. The van der Waals surface area contributed by atoms with E-state index in [9.17, 15) is 13.2 Å². The van der Waals surface area contributed by atoms with E-state index in [1.165, 1.54) is 30.8 Å². The number of hydrogen-bond acceptors (Lipinski definition) is 4. The van der Waals surface area contributed by atoms with Crippen LogP contribution in [0.5, 0.6) is 0 Å². The highest BCUT2D eigenvalue weighted by Crippen LogP contribution is 2.33. The molecule has 1 amide bonds. The zero-order chi connectivity index (χ0) is 19.5. The van der Waals surface area contributed by atoms with Crippen molar-refractivity contribution in [2.75, 3.05) is 22.1 Å². The summed E-state index contributed by atoms with van der Waals surface area (Å²) >= 11 is 13.6. The number of rotatable bonds is 6. The lowest BCUT2D eigenvalue weighted by molar-refractivity contribution is -0.116. The van der Waals surface area contributed by atoms with Crippen LogP contribution in [0, 0.1) is 0 Å². The Bertz CT molecular complexity index is 920. The number of amides is 1. The molecule has 9 heteroatoms. The predicted octanol–water partition coefficient (Wildman–Crippen LogP) is 4.51. The summed E-state index contributed by atoms with van der Waals surface area (Å²) < 4.78 is 25.7. The molecule has 5 nitrogen and oxygen atoms in total. The number of sulfonamides is 1. The highest BCUT2D eigenvalue weighted by Gasteiger charge is 2.31. The molecule has 0 radical (unpaired) electrons. The van der Waals surface area contributed by atoms with Crippen molar-refractivity contribution in [2.45, 2.75) is 17.9 Å². The van der Waals surface area contributed by atoms with Gasteiger partial charge in [-0.25, -0.2) is 8.42 Å². The Hall–Kier alpha value is -1.41. The molecule has 140 valence electrons. The maximum absolute atomic E-state index is 12.7. The van der Waals surface area contributed by atoms with Gasteiger partial charge < -0.3 is 5.32 Å². The van der Waals surface area contributed by atoms with Crippen LogP contribution in [0.2, 0.25) is 10.0 Å². The number of anilines is 2. The molecule has 0 bridgehead atoms. The van der Waals surface area contributed by atoms with E-state index >= 15 is 0 Å². The number of carbonyl (C=O) groups excluding carboxylic acids is 1. The lowest BCUT2D eigenvalue weighted by atomic mass is 10.2. The van der Waals surface area contributed by atoms with E-state index in [1.54, 1.807) is 18.2 Å². The van der Waals surface area contributed by atoms with Crippen LogP contribution in [-0.2, 0) is 14.8 Å². The monoisotopic (exact) mass is 432 g/mol. The average Bonchev–Trinajstić information content (AvgIpc) is 2.57. The molecule has 1 atom stereocenters. The lowest BCUT2D eigenvalue weighted by Crippen LogP contribution is -2.45. The summed E-state index contributed by atoms with van der Waals surface area (Å²) in [7, 11) is -3.79. The zero-order valence-corrected chi connectivity index (χ0v) is 17.5. The van der Waals surface area contributed by atoms with Gasteiger partial charge in [-0.2, -0.15) is 0 Å². The Morgan fingerprint density at radius 1 is 1.19 bits per heavy atom. The third kappa shape index (κ3) is 4.85. The van der Waals surface area contributed by atoms with Gasteiger partial charge in [0.2, 0.25) is 15.9 Å². The lowest BCUT2D eigenvalue weighted by Gasteiger charge is -2.29. The molecule has 0 unspecified atom stereocenters. The molecule has 1 N–H and O–H groups in total.